The first-order valence-electron chi connectivity index (χ1n) is 7.58. The Hall–Kier alpha value is -2.24. The number of benzene rings is 2. The molecule has 1 heterocycles. The molecule has 0 radical (unpaired) electrons. The Labute approximate surface area is 144 Å². The number of methoxy groups -OCH3 is 1. The molecule has 0 aliphatic carbocycles. The molecule has 1 N–H and O–H groups in total. The highest BCUT2D eigenvalue weighted by atomic mass is 32.1. The zero-order valence-corrected chi connectivity index (χ0v) is 14.6. The summed E-state index contributed by atoms with van der Waals surface area (Å²) in [5.74, 6) is -0.573. The molecule has 0 bridgehead atoms. The SMILES string of the molecule is COCc1c(C(=O)Nc2ccc(C)cc2C)sc2cccc(F)c12. The Balaban J connectivity index is 2.03. The number of rotatable bonds is 4. The Morgan fingerprint density at radius 1 is 1.25 bits per heavy atom. The highest BCUT2D eigenvalue weighted by Crippen LogP contribution is 2.34. The fraction of sp³-hybridized carbons (Fsp3) is 0.211. The quantitative estimate of drug-likeness (QED) is 0.719. The first kappa shape index (κ1) is 16.6. The van der Waals surface area contributed by atoms with E-state index in [2.05, 4.69) is 5.32 Å². The maximum atomic E-state index is 14.2. The molecule has 3 rings (SSSR count). The fourth-order valence-corrected chi connectivity index (χ4v) is 3.88. The summed E-state index contributed by atoms with van der Waals surface area (Å²) in [6.07, 6.45) is 0. The summed E-state index contributed by atoms with van der Waals surface area (Å²) >= 11 is 1.28. The number of ether oxygens (including phenoxy) is 1. The number of hydrogen-bond donors (Lipinski definition) is 1. The zero-order chi connectivity index (χ0) is 17.3. The van der Waals surface area contributed by atoms with Gasteiger partial charge in [0.25, 0.3) is 5.91 Å². The van der Waals surface area contributed by atoms with Gasteiger partial charge in [0.1, 0.15) is 5.82 Å². The van der Waals surface area contributed by atoms with Crippen LogP contribution in [0.15, 0.2) is 36.4 Å². The lowest BCUT2D eigenvalue weighted by atomic mass is 10.1. The Morgan fingerprint density at radius 3 is 2.75 bits per heavy atom. The molecular formula is C19H18FNO2S. The first-order chi connectivity index (χ1) is 11.5. The number of amides is 1. The number of fused-ring (bicyclic) bond motifs is 1. The van der Waals surface area contributed by atoms with E-state index in [4.69, 9.17) is 4.74 Å². The van der Waals surface area contributed by atoms with E-state index in [0.717, 1.165) is 21.5 Å². The van der Waals surface area contributed by atoms with Crippen molar-refractivity contribution in [2.75, 3.05) is 12.4 Å². The number of carbonyl (C=O) groups is 1. The maximum Gasteiger partial charge on any atom is 0.266 e. The molecule has 2 aromatic carbocycles. The molecule has 0 unspecified atom stereocenters. The van der Waals surface area contributed by atoms with Gasteiger partial charge >= 0.3 is 0 Å². The summed E-state index contributed by atoms with van der Waals surface area (Å²) < 4.78 is 20.1. The van der Waals surface area contributed by atoms with Gasteiger partial charge in [-0.05, 0) is 37.6 Å². The van der Waals surface area contributed by atoms with Crippen LogP contribution < -0.4 is 5.32 Å². The van der Waals surface area contributed by atoms with E-state index < -0.39 is 0 Å². The highest BCUT2D eigenvalue weighted by Gasteiger charge is 2.21. The van der Waals surface area contributed by atoms with E-state index in [1.54, 1.807) is 6.07 Å². The van der Waals surface area contributed by atoms with Crippen LogP contribution in [0.2, 0.25) is 0 Å². The van der Waals surface area contributed by atoms with Crippen LogP contribution in [-0.4, -0.2) is 13.0 Å². The molecular weight excluding hydrogens is 325 g/mol. The van der Waals surface area contributed by atoms with Crippen molar-refractivity contribution in [1.29, 1.82) is 0 Å². The second-order valence-corrected chi connectivity index (χ2v) is 6.78. The smallest absolute Gasteiger partial charge is 0.266 e. The van der Waals surface area contributed by atoms with Crippen LogP contribution in [0, 0.1) is 19.7 Å². The maximum absolute atomic E-state index is 14.2. The lowest BCUT2D eigenvalue weighted by Crippen LogP contribution is -2.13. The van der Waals surface area contributed by atoms with E-state index in [-0.39, 0.29) is 18.3 Å². The van der Waals surface area contributed by atoms with Crippen LogP contribution in [-0.2, 0) is 11.3 Å². The number of halogens is 1. The number of carbonyl (C=O) groups excluding carboxylic acids is 1. The van der Waals surface area contributed by atoms with Gasteiger partial charge in [-0.3, -0.25) is 4.79 Å². The third-order valence-electron chi connectivity index (χ3n) is 3.89. The summed E-state index contributed by atoms with van der Waals surface area (Å²) in [5, 5.41) is 3.39. The van der Waals surface area contributed by atoms with Gasteiger partial charge in [-0.25, -0.2) is 4.39 Å². The van der Waals surface area contributed by atoms with E-state index in [1.807, 2.05) is 38.1 Å². The standard InChI is InChI=1S/C19H18FNO2S/c1-11-7-8-15(12(2)9-11)21-19(22)18-13(10-23-3)17-14(20)5-4-6-16(17)24-18/h4-9H,10H2,1-3H3,(H,21,22). The minimum Gasteiger partial charge on any atom is -0.380 e. The third kappa shape index (κ3) is 3.05. The molecule has 1 amide bonds. The van der Waals surface area contributed by atoms with Gasteiger partial charge in [0.2, 0.25) is 0 Å². The van der Waals surface area contributed by atoms with Crippen molar-refractivity contribution >= 4 is 33.0 Å². The Morgan fingerprint density at radius 2 is 2.04 bits per heavy atom. The van der Waals surface area contributed by atoms with Gasteiger partial charge in [0, 0.05) is 28.4 Å². The molecule has 5 heteroatoms. The second-order valence-electron chi connectivity index (χ2n) is 5.73. The van der Waals surface area contributed by atoms with Gasteiger partial charge in [-0.1, -0.05) is 23.8 Å². The van der Waals surface area contributed by atoms with Crippen LogP contribution in [0.3, 0.4) is 0 Å². The number of hydrogen-bond acceptors (Lipinski definition) is 3. The molecule has 1 aromatic heterocycles. The van der Waals surface area contributed by atoms with Gasteiger partial charge in [-0.15, -0.1) is 11.3 Å². The molecule has 124 valence electrons. The molecule has 0 spiro atoms. The molecule has 3 nitrogen and oxygen atoms in total. The number of anilines is 1. The Kier molecular flexibility index (Phi) is 4.64. The van der Waals surface area contributed by atoms with Gasteiger partial charge in [0.05, 0.1) is 11.5 Å². The van der Waals surface area contributed by atoms with Crippen molar-refractivity contribution in [3.63, 3.8) is 0 Å². The molecule has 0 atom stereocenters. The number of aryl methyl sites for hydroxylation is 2. The summed E-state index contributed by atoms with van der Waals surface area (Å²) in [4.78, 5) is 13.2. The van der Waals surface area contributed by atoms with Gasteiger partial charge in [0.15, 0.2) is 0 Å². The highest BCUT2D eigenvalue weighted by molar-refractivity contribution is 7.21. The van der Waals surface area contributed by atoms with Crippen molar-refractivity contribution in [3.05, 3.63) is 63.8 Å². The summed E-state index contributed by atoms with van der Waals surface area (Å²) in [6, 6.07) is 10.7. The van der Waals surface area contributed by atoms with Crippen molar-refractivity contribution in [3.8, 4) is 0 Å². The van der Waals surface area contributed by atoms with Crippen molar-refractivity contribution in [2.45, 2.75) is 20.5 Å². The zero-order valence-electron chi connectivity index (χ0n) is 13.8. The molecule has 0 fully saturated rings. The van der Waals surface area contributed by atoms with Gasteiger partial charge in [-0.2, -0.15) is 0 Å². The van der Waals surface area contributed by atoms with Gasteiger partial charge < -0.3 is 10.1 Å². The lowest BCUT2D eigenvalue weighted by molar-refractivity contribution is 0.102. The lowest BCUT2D eigenvalue weighted by Gasteiger charge is -2.09. The molecule has 24 heavy (non-hydrogen) atoms. The number of nitrogens with one attached hydrogen (secondary N) is 1. The van der Waals surface area contributed by atoms with E-state index in [9.17, 15) is 9.18 Å². The van der Waals surface area contributed by atoms with Crippen molar-refractivity contribution in [2.24, 2.45) is 0 Å². The molecule has 3 aromatic rings. The predicted octanol–water partition coefficient (Wildman–Crippen LogP) is 5.06. The monoisotopic (exact) mass is 343 g/mol. The summed E-state index contributed by atoms with van der Waals surface area (Å²) in [5.41, 5.74) is 3.48. The van der Waals surface area contributed by atoms with Crippen molar-refractivity contribution in [1.82, 2.24) is 0 Å². The van der Waals surface area contributed by atoms with Crippen LogP contribution >= 0.6 is 11.3 Å². The number of thiophene rings is 1. The largest absolute Gasteiger partial charge is 0.380 e. The molecule has 0 aliphatic rings. The van der Waals surface area contributed by atoms with E-state index in [0.29, 0.717) is 15.8 Å². The van der Waals surface area contributed by atoms with Crippen LogP contribution in [0.5, 0.6) is 0 Å². The normalized spacial score (nSPS) is 11.0. The third-order valence-corrected chi connectivity index (χ3v) is 5.08. The van der Waals surface area contributed by atoms with E-state index in [1.165, 1.54) is 24.5 Å². The average molecular weight is 343 g/mol. The summed E-state index contributed by atoms with van der Waals surface area (Å²) in [6.45, 7) is 4.14. The molecule has 0 aliphatic heterocycles. The first-order valence-corrected chi connectivity index (χ1v) is 8.40. The minimum atomic E-state index is -0.332. The Bertz CT molecular complexity index is 917. The van der Waals surface area contributed by atoms with Crippen LogP contribution in [0.25, 0.3) is 10.1 Å². The van der Waals surface area contributed by atoms with Crippen LogP contribution in [0.1, 0.15) is 26.4 Å². The molecule has 0 saturated carbocycles. The second kappa shape index (κ2) is 6.71. The predicted molar refractivity (Wildman–Crippen MR) is 96.4 cm³/mol. The molecule has 0 saturated heterocycles. The summed E-state index contributed by atoms with van der Waals surface area (Å²) in [7, 11) is 1.54. The average Bonchev–Trinajstić information content (AvgIpc) is 2.91. The minimum absolute atomic E-state index is 0.191. The van der Waals surface area contributed by atoms with Crippen molar-refractivity contribution < 1.29 is 13.9 Å². The topological polar surface area (TPSA) is 38.3 Å². The fourth-order valence-electron chi connectivity index (χ4n) is 2.77. The van der Waals surface area contributed by atoms with Crippen LogP contribution in [0.4, 0.5) is 10.1 Å². The van der Waals surface area contributed by atoms with E-state index >= 15 is 0 Å².